The van der Waals surface area contributed by atoms with Crippen LogP contribution in [0.15, 0.2) is 48.5 Å². The number of carbonyl (C=O) groups excluding carboxylic acids is 1. The number of likely N-dealkylation sites (N-methyl/N-ethyl adjacent to an activating group) is 1. The molecule has 0 spiro atoms. The number of halogens is 2. The monoisotopic (exact) mass is 291 g/mol. The van der Waals surface area contributed by atoms with E-state index in [0.29, 0.717) is 11.1 Å². The van der Waals surface area contributed by atoms with Gasteiger partial charge in [-0.05, 0) is 23.3 Å². The molecule has 0 aromatic heterocycles. The van der Waals surface area contributed by atoms with E-state index in [1.165, 1.54) is 18.0 Å². The molecule has 0 saturated heterocycles. The number of aliphatic hydroxyl groups is 1. The van der Waals surface area contributed by atoms with E-state index in [1.54, 1.807) is 30.3 Å². The summed E-state index contributed by atoms with van der Waals surface area (Å²) in [5.41, 5.74) is 0.935. The number of nitrogens with zero attached hydrogens (tertiary/aromatic N) is 1. The van der Waals surface area contributed by atoms with Gasteiger partial charge in [-0.1, -0.05) is 36.4 Å². The SMILES string of the molecule is CN(Cc1ccc(F)c(F)c1)C(=O)[C@@H](O)c1ccccc1. The van der Waals surface area contributed by atoms with Crippen molar-refractivity contribution in [1.82, 2.24) is 4.90 Å². The van der Waals surface area contributed by atoms with Crippen molar-refractivity contribution in [2.24, 2.45) is 0 Å². The molecular weight excluding hydrogens is 276 g/mol. The Morgan fingerprint density at radius 3 is 2.43 bits per heavy atom. The molecule has 0 heterocycles. The summed E-state index contributed by atoms with van der Waals surface area (Å²) in [5.74, 6) is -2.40. The zero-order valence-corrected chi connectivity index (χ0v) is 11.5. The van der Waals surface area contributed by atoms with E-state index in [2.05, 4.69) is 0 Å². The van der Waals surface area contributed by atoms with Gasteiger partial charge in [0.05, 0.1) is 0 Å². The number of hydrogen-bond acceptors (Lipinski definition) is 2. The van der Waals surface area contributed by atoms with Gasteiger partial charge in [-0.25, -0.2) is 8.78 Å². The van der Waals surface area contributed by atoms with Gasteiger partial charge in [0.1, 0.15) is 0 Å². The standard InChI is InChI=1S/C16H15F2NO2/c1-19(10-11-7-8-13(17)14(18)9-11)16(21)15(20)12-5-3-2-4-6-12/h2-9,15,20H,10H2,1H3/t15-/m0/s1. The van der Waals surface area contributed by atoms with Crippen LogP contribution in [0.1, 0.15) is 17.2 Å². The normalized spacial score (nSPS) is 12.0. The Morgan fingerprint density at radius 2 is 1.81 bits per heavy atom. The second-order valence-electron chi connectivity index (χ2n) is 4.76. The Balaban J connectivity index is 2.07. The number of carbonyl (C=O) groups is 1. The molecule has 3 nitrogen and oxygen atoms in total. The minimum Gasteiger partial charge on any atom is -0.378 e. The zero-order valence-electron chi connectivity index (χ0n) is 11.5. The lowest BCUT2D eigenvalue weighted by molar-refractivity contribution is -0.139. The lowest BCUT2D eigenvalue weighted by atomic mass is 10.1. The highest BCUT2D eigenvalue weighted by Crippen LogP contribution is 2.17. The van der Waals surface area contributed by atoms with E-state index < -0.39 is 23.6 Å². The highest BCUT2D eigenvalue weighted by Gasteiger charge is 2.21. The molecule has 21 heavy (non-hydrogen) atoms. The first-order valence-electron chi connectivity index (χ1n) is 6.41. The predicted molar refractivity (Wildman–Crippen MR) is 74.2 cm³/mol. The van der Waals surface area contributed by atoms with Crippen LogP contribution >= 0.6 is 0 Å². The highest BCUT2D eigenvalue weighted by molar-refractivity contribution is 5.81. The number of benzene rings is 2. The Bertz CT molecular complexity index is 631. The van der Waals surface area contributed by atoms with E-state index in [4.69, 9.17) is 0 Å². The van der Waals surface area contributed by atoms with Crippen LogP contribution in [0.4, 0.5) is 8.78 Å². The Labute approximate surface area is 121 Å². The quantitative estimate of drug-likeness (QED) is 0.941. The average Bonchev–Trinajstić information content (AvgIpc) is 2.50. The topological polar surface area (TPSA) is 40.5 Å². The van der Waals surface area contributed by atoms with Gasteiger partial charge in [0, 0.05) is 13.6 Å². The molecule has 0 aliphatic rings. The molecule has 0 bridgehead atoms. The van der Waals surface area contributed by atoms with Crippen molar-refractivity contribution in [2.75, 3.05) is 7.05 Å². The van der Waals surface area contributed by atoms with Crippen molar-refractivity contribution in [2.45, 2.75) is 12.6 Å². The fourth-order valence-corrected chi connectivity index (χ4v) is 1.98. The number of hydrogen-bond donors (Lipinski definition) is 1. The first-order chi connectivity index (χ1) is 9.99. The molecule has 5 heteroatoms. The van der Waals surface area contributed by atoms with E-state index in [0.717, 1.165) is 12.1 Å². The Kier molecular flexibility index (Phi) is 4.65. The molecule has 0 radical (unpaired) electrons. The van der Waals surface area contributed by atoms with Gasteiger partial charge >= 0.3 is 0 Å². The molecule has 0 saturated carbocycles. The molecule has 0 unspecified atom stereocenters. The van der Waals surface area contributed by atoms with E-state index in [1.807, 2.05) is 0 Å². The van der Waals surface area contributed by atoms with Gasteiger partial charge in [-0.3, -0.25) is 4.79 Å². The van der Waals surface area contributed by atoms with E-state index >= 15 is 0 Å². The van der Waals surface area contributed by atoms with Crippen molar-refractivity contribution in [3.63, 3.8) is 0 Å². The van der Waals surface area contributed by atoms with Crippen molar-refractivity contribution in [1.29, 1.82) is 0 Å². The molecule has 0 aliphatic carbocycles. The first kappa shape index (κ1) is 15.1. The minimum atomic E-state index is -1.28. The summed E-state index contributed by atoms with van der Waals surface area (Å²) < 4.78 is 26.0. The zero-order chi connectivity index (χ0) is 15.4. The van der Waals surface area contributed by atoms with Crippen molar-refractivity contribution < 1.29 is 18.7 Å². The molecule has 1 amide bonds. The summed E-state index contributed by atoms with van der Waals surface area (Å²) in [4.78, 5) is 13.4. The van der Waals surface area contributed by atoms with Crippen molar-refractivity contribution >= 4 is 5.91 Å². The molecule has 1 N–H and O–H groups in total. The highest BCUT2D eigenvalue weighted by atomic mass is 19.2. The first-order valence-corrected chi connectivity index (χ1v) is 6.41. The molecule has 1 atom stereocenters. The van der Waals surface area contributed by atoms with Crippen LogP contribution in [0.5, 0.6) is 0 Å². The van der Waals surface area contributed by atoms with Gasteiger partial charge in [0.2, 0.25) is 0 Å². The average molecular weight is 291 g/mol. The summed E-state index contributed by atoms with van der Waals surface area (Å²) in [7, 11) is 1.50. The van der Waals surface area contributed by atoms with Crippen LogP contribution in [0.3, 0.4) is 0 Å². The maximum absolute atomic E-state index is 13.1. The van der Waals surface area contributed by atoms with Crippen LogP contribution in [0, 0.1) is 11.6 Å². The van der Waals surface area contributed by atoms with Gasteiger partial charge in [-0.2, -0.15) is 0 Å². The van der Waals surface area contributed by atoms with Crippen molar-refractivity contribution in [3.8, 4) is 0 Å². The molecule has 0 aliphatic heterocycles. The van der Waals surface area contributed by atoms with Gasteiger partial charge < -0.3 is 10.0 Å². The summed E-state index contributed by atoms with van der Waals surface area (Å²) in [5, 5.41) is 10.0. The maximum atomic E-state index is 13.1. The van der Waals surface area contributed by atoms with E-state index in [9.17, 15) is 18.7 Å². The number of rotatable bonds is 4. The van der Waals surface area contributed by atoms with Gasteiger partial charge in [0.25, 0.3) is 5.91 Å². The summed E-state index contributed by atoms with van der Waals surface area (Å²) in [6.07, 6.45) is -1.28. The fraction of sp³-hybridized carbons (Fsp3) is 0.188. The maximum Gasteiger partial charge on any atom is 0.256 e. The molecule has 2 aromatic rings. The smallest absolute Gasteiger partial charge is 0.256 e. The second-order valence-corrected chi connectivity index (χ2v) is 4.76. The molecule has 2 aromatic carbocycles. The minimum absolute atomic E-state index is 0.0833. The number of amides is 1. The van der Waals surface area contributed by atoms with Gasteiger partial charge in [0.15, 0.2) is 17.7 Å². The summed E-state index contributed by atoms with van der Waals surface area (Å²) >= 11 is 0. The molecule has 2 rings (SSSR count). The van der Waals surface area contributed by atoms with Crippen LogP contribution in [-0.4, -0.2) is 23.0 Å². The van der Waals surface area contributed by atoms with Crippen LogP contribution in [-0.2, 0) is 11.3 Å². The van der Waals surface area contributed by atoms with Gasteiger partial charge in [-0.15, -0.1) is 0 Å². The lowest BCUT2D eigenvalue weighted by Gasteiger charge is -2.21. The Hall–Kier alpha value is -2.27. The Morgan fingerprint density at radius 1 is 1.14 bits per heavy atom. The van der Waals surface area contributed by atoms with Crippen LogP contribution in [0.2, 0.25) is 0 Å². The third-order valence-electron chi connectivity index (χ3n) is 3.13. The van der Waals surface area contributed by atoms with Crippen LogP contribution < -0.4 is 0 Å². The number of aliphatic hydroxyl groups excluding tert-OH is 1. The lowest BCUT2D eigenvalue weighted by Crippen LogP contribution is -2.31. The molecule has 110 valence electrons. The van der Waals surface area contributed by atoms with Crippen molar-refractivity contribution in [3.05, 3.63) is 71.3 Å². The van der Waals surface area contributed by atoms with E-state index in [-0.39, 0.29) is 6.54 Å². The molecular formula is C16H15F2NO2. The molecule has 0 fully saturated rings. The largest absolute Gasteiger partial charge is 0.378 e. The summed E-state index contributed by atoms with van der Waals surface area (Å²) in [6.45, 7) is 0.0833. The third-order valence-corrected chi connectivity index (χ3v) is 3.13. The van der Waals surface area contributed by atoms with Crippen LogP contribution in [0.25, 0.3) is 0 Å². The fourth-order valence-electron chi connectivity index (χ4n) is 1.98. The predicted octanol–water partition coefficient (Wildman–Crippen LogP) is 2.66. The summed E-state index contributed by atoms with van der Waals surface area (Å²) in [6, 6.07) is 12.0. The third kappa shape index (κ3) is 3.64. The second kappa shape index (κ2) is 6.45.